The summed E-state index contributed by atoms with van der Waals surface area (Å²) < 4.78 is 0. The highest BCUT2D eigenvalue weighted by Crippen LogP contribution is 2.47. The Balaban J connectivity index is 2.02. The fourth-order valence-corrected chi connectivity index (χ4v) is 3.47. The molecule has 0 unspecified atom stereocenters. The van der Waals surface area contributed by atoms with Crippen LogP contribution in [0.3, 0.4) is 0 Å². The molecule has 2 heterocycles. The van der Waals surface area contributed by atoms with Gasteiger partial charge in [0.2, 0.25) is 0 Å². The van der Waals surface area contributed by atoms with Crippen molar-refractivity contribution in [3.8, 4) is 0 Å². The van der Waals surface area contributed by atoms with Crippen molar-refractivity contribution < 1.29 is 0 Å². The van der Waals surface area contributed by atoms with Crippen LogP contribution in [0.2, 0.25) is 0 Å². The summed E-state index contributed by atoms with van der Waals surface area (Å²) in [6.07, 6.45) is 1.09. The van der Waals surface area contributed by atoms with E-state index in [0.29, 0.717) is 6.04 Å². The minimum Gasteiger partial charge on any atom is -0.297 e. The zero-order valence-electron chi connectivity index (χ0n) is 9.90. The molecule has 17 heavy (non-hydrogen) atoms. The highest BCUT2D eigenvalue weighted by atomic mass is 15.1. The van der Waals surface area contributed by atoms with Crippen LogP contribution in [0.4, 0.5) is 0 Å². The van der Waals surface area contributed by atoms with Gasteiger partial charge in [0.25, 0.3) is 0 Å². The quantitative estimate of drug-likeness (QED) is 0.720. The fraction of sp³-hybridized carbons (Fsp3) is 0.250. The number of hydrogen-bond acceptors (Lipinski definition) is 1. The summed E-state index contributed by atoms with van der Waals surface area (Å²) in [6, 6.07) is 18.0. The first-order valence-electron chi connectivity index (χ1n) is 6.23. The highest BCUT2D eigenvalue weighted by molar-refractivity contribution is 5.52. The lowest BCUT2D eigenvalue weighted by Gasteiger charge is -2.33. The van der Waals surface area contributed by atoms with E-state index in [1.54, 1.807) is 0 Å². The molecule has 1 heteroatoms. The SMILES string of the molecule is C[C@@]12Cc3ccccc3[C@@H](N1)c1ccccc12. The molecule has 84 valence electrons. The van der Waals surface area contributed by atoms with Gasteiger partial charge in [0.1, 0.15) is 0 Å². The van der Waals surface area contributed by atoms with Crippen molar-refractivity contribution in [3.63, 3.8) is 0 Å². The zero-order chi connectivity index (χ0) is 11.5. The molecule has 0 saturated heterocycles. The van der Waals surface area contributed by atoms with Gasteiger partial charge in [-0.3, -0.25) is 5.32 Å². The maximum atomic E-state index is 3.79. The average Bonchev–Trinajstić information content (AvgIpc) is 2.60. The third-order valence-corrected chi connectivity index (χ3v) is 4.24. The van der Waals surface area contributed by atoms with Crippen LogP contribution in [0.1, 0.15) is 35.2 Å². The van der Waals surface area contributed by atoms with Crippen molar-refractivity contribution in [1.29, 1.82) is 0 Å². The van der Waals surface area contributed by atoms with E-state index in [1.807, 2.05) is 0 Å². The van der Waals surface area contributed by atoms with E-state index in [1.165, 1.54) is 22.3 Å². The lowest BCUT2D eigenvalue weighted by molar-refractivity contribution is 0.352. The third kappa shape index (κ3) is 1.12. The van der Waals surface area contributed by atoms with Crippen LogP contribution in [0.25, 0.3) is 0 Å². The predicted octanol–water partition coefficient (Wildman–Crippen LogP) is 3.15. The van der Waals surface area contributed by atoms with Gasteiger partial charge in [-0.25, -0.2) is 0 Å². The first-order valence-corrected chi connectivity index (χ1v) is 6.23. The first kappa shape index (κ1) is 9.43. The molecule has 0 aromatic heterocycles. The summed E-state index contributed by atoms with van der Waals surface area (Å²) >= 11 is 0. The lowest BCUT2D eigenvalue weighted by Crippen LogP contribution is -2.41. The summed E-state index contributed by atoms with van der Waals surface area (Å²) in [5, 5.41) is 3.79. The van der Waals surface area contributed by atoms with E-state index in [4.69, 9.17) is 0 Å². The van der Waals surface area contributed by atoms with Gasteiger partial charge < -0.3 is 0 Å². The van der Waals surface area contributed by atoms with Gasteiger partial charge in [0, 0.05) is 5.54 Å². The molecule has 2 aromatic carbocycles. The van der Waals surface area contributed by atoms with Gasteiger partial charge in [-0.15, -0.1) is 0 Å². The molecule has 0 radical (unpaired) electrons. The number of nitrogens with one attached hydrogen (secondary N) is 1. The summed E-state index contributed by atoms with van der Waals surface area (Å²) in [6.45, 7) is 2.32. The first-order chi connectivity index (χ1) is 8.28. The Labute approximate surface area is 101 Å². The average molecular weight is 221 g/mol. The van der Waals surface area contributed by atoms with Crippen LogP contribution in [-0.4, -0.2) is 0 Å². The van der Waals surface area contributed by atoms with E-state index < -0.39 is 0 Å². The molecule has 1 nitrogen and oxygen atoms in total. The molecule has 2 aliphatic heterocycles. The Morgan fingerprint density at radius 3 is 2.59 bits per heavy atom. The van der Waals surface area contributed by atoms with Crippen molar-refractivity contribution in [3.05, 3.63) is 70.8 Å². The van der Waals surface area contributed by atoms with Gasteiger partial charge in [0.05, 0.1) is 6.04 Å². The molecule has 2 aliphatic rings. The molecule has 2 bridgehead atoms. The van der Waals surface area contributed by atoms with Gasteiger partial charge >= 0.3 is 0 Å². The second-order valence-electron chi connectivity index (χ2n) is 5.37. The van der Waals surface area contributed by atoms with Gasteiger partial charge in [-0.05, 0) is 35.6 Å². The second kappa shape index (κ2) is 2.99. The largest absolute Gasteiger partial charge is 0.297 e. The number of benzene rings is 2. The minimum absolute atomic E-state index is 0.121. The molecule has 4 rings (SSSR count). The predicted molar refractivity (Wildman–Crippen MR) is 68.9 cm³/mol. The van der Waals surface area contributed by atoms with Crippen LogP contribution in [0.5, 0.6) is 0 Å². The van der Waals surface area contributed by atoms with E-state index in [-0.39, 0.29) is 5.54 Å². The Morgan fingerprint density at radius 2 is 1.71 bits per heavy atom. The van der Waals surface area contributed by atoms with Crippen molar-refractivity contribution in [2.24, 2.45) is 0 Å². The Hall–Kier alpha value is -1.60. The van der Waals surface area contributed by atoms with Crippen molar-refractivity contribution in [2.45, 2.75) is 24.9 Å². The molecule has 2 atom stereocenters. The molecule has 0 fully saturated rings. The zero-order valence-corrected chi connectivity index (χ0v) is 9.90. The van der Waals surface area contributed by atoms with Crippen LogP contribution >= 0.6 is 0 Å². The Bertz CT molecular complexity index is 602. The maximum absolute atomic E-state index is 3.79. The number of fused-ring (bicyclic) bond motifs is 7. The normalized spacial score (nSPS) is 28.6. The Kier molecular flexibility index (Phi) is 1.66. The second-order valence-corrected chi connectivity index (χ2v) is 5.37. The molecule has 0 spiro atoms. The topological polar surface area (TPSA) is 12.0 Å². The van der Waals surface area contributed by atoms with Gasteiger partial charge in [-0.1, -0.05) is 48.5 Å². The van der Waals surface area contributed by atoms with Crippen LogP contribution in [0.15, 0.2) is 48.5 Å². The van der Waals surface area contributed by atoms with Crippen LogP contribution < -0.4 is 5.32 Å². The fourth-order valence-electron chi connectivity index (χ4n) is 3.47. The molecule has 1 N–H and O–H groups in total. The molecular formula is C16H15N. The summed E-state index contributed by atoms with van der Waals surface area (Å²) in [7, 11) is 0. The van der Waals surface area contributed by atoms with Crippen LogP contribution in [-0.2, 0) is 12.0 Å². The molecule has 0 amide bonds. The summed E-state index contributed by atoms with van der Waals surface area (Å²) in [5.41, 5.74) is 6.00. The van der Waals surface area contributed by atoms with Crippen molar-refractivity contribution in [1.82, 2.24) is 5.32 Å². The highest BCUT2D eigenvalue weighted by Gasteiger charge is 2.44. The molecule has 2 aromatic rings. The summed E-state index contributed by atoms with van der Waals surface area (Å²) in [4.78, 5) is 0. The minimum atomic E-state index is 0.121. The molecule has 0 aliphatic carbocycles. The molecule has 0 saturated carbocycles. The van der Waals surface area contributed by atoms with Crippen LogP contribution in [0, 0.1) is 0 Å². The standard InChI is InChI=1S/C16H15N/c1-16-10-11-6-2-3-7-12(11)15(17-16)13-8-4-5-9-14(13)16/h2-9,15,17H,10H2,1H3/t15-,16+/m1/s1. The monoisotopic (exact) mass is 221 g/mol. The molecular weight excluding hydrogens is 206 g/mol. The van der Waals surface area contributed by atoms with Gasteiger partial charge in [-0.2, -0.15) is 0 Å². The lowest BCUT2D eigenvalue weighted by atomic mass is 9.85. The Morgan fingerprint density at radius 1 is 1.00 bits per heavy atom. The van der Waals surface area contributed by atoms with E-state index in [2.05, 4.69) is 60.8 Å². The van der Waals surface area contributed by atoms with Crippen molar-refractivity contribution in [2.75, 3.05) is 0 Å². The number of hydrogen-bond donors (Lipinski definition) is 1. The summed E-state index contributed by atoms with van der Waals surface area (Å²) in [5.74, 6) is 0. The van der Waals surface area contributed by atoms with Gasteiger partial charge in [0.15, 0.2) is 0 Å². The van der Waals surface area contributed by atoms with Crippen molar-refractivity contribution >= 4 is 0 Å². The maximum Gasteiger partial charge on any atom is 0.0589 e. The van der Waals surface area contributed by atoms with E-state index in [0.717, 1.165) is 6.42 Å². The third-order valence-electron chi connectivity index (χ3n) is 4.24. The van der Waals surface area contributed by atoms with E-state index >= 15 is 0 Å². The number of rotatable bonds is 0. The van der Waals surface area contributed by atoms with E-state index in [9.17, 15) is 0 Å². The smallest absolute Gasteiger partial charge is 0.0589 e.